The smallest absolute Gasteiger partial charge is 0.268 e. The quantitative estimate of drug-likeness (QED) is 0.725. The molecule has 4 N–H and O–H groups in total. The molecule has 1 aromatic heterocycles. The molecule has 0 fully saturated rings. The van der Waals surface area contributed by atoms with Gasteiger partial charge in [0.05, 0.1) is 12.4 Å². The van der Waals surface area contributed by atoms with Crippen molar-refractivity contribution >= 4 is 36.6 Å². The van der Waals surface area contributed by atoms with Gasteiger partial charge in [0, 0.05) is 0 Å². The van der Waals surface area contributed by atoms with Gasteiger partial charge in [0.1, 0.15) is 11.4 Å². The van der Waals surface area contributed by atoms with Crippen molar-refractivity contribution in [2.24, 2.45) is 11.5 Å². The minimum Gasteiger partial charge on any atom is -0.364 e. The summed E-state index contributed by atoms with van der Waals surface area (Å²) in [6.45, 7) is 0. The minimum atomic E-state index is -0.696. The number of hydrogen-bond acceptors (Lipinski definition) is 4. The van der Waals surface area contributed by atoms with Crippen LogP contribution in [0.3, 0.4) is 0 Å². The zero-order chi connectivity index (χ0) is 9.14. The van der Waals surface area contributed by atoms with E-state index in [0.717, 1.165) is 12.4 Å². The van der Waals surface area contributed by atoms with E-state index >= 15 is 0 Å². The van der Waals surface area contributed by atoms with Crippen LogP contribution in [0.4, 0.5) is 0 Å². The molecular weight excluding hydrogens is 231 g/mol. The van der Waals surface area contributed by atoms with E-state index in [0.29, 0.717) is 0 Å². The third kappa shape index (κ3) is 3.55. The van der Waals surface area contributed by atoms with Crippen LogP contribution in [0.1, 0.15) is 21.0 Å². The third-order valence-corrected chi connectivity index (χ3v) is 1.16. The predicted octanol–water partition coefficient (Wildman–Crippen LogP) is -0.482. The van der Waals surface area contributed by atoms with Crippen LogP contribution >= 0.6 is 24.8 Å². The Kier molecular flexibility index (Phi) is 6.59. The molecule has 0 saturated heterocycles. The highest BCUT2D eigenvalue weighted by Gasteiger charge is 2.05. The summed E-state index contributed by atoms with van der Waals surface area (Å²) in [5.41, 5.74) is 9.76. The first-order valence-electron chi connectivity index (χ1n) is 3.03. The van der Waals surface area contributed by atoms with Gasteiger partial charge in [-0.2, -0.15) is 0 Å². The summed E-state index contributed by atoms with van der Waals surface area (Å²) >= 11 is 0. The molecule has 1 aromatic rings. The van der Waals surface area contributed by atoms with Crippen LogP contribution in [-0.2, 0) is 0 Å². The molecule has 0 saturated carbocycles. The molecule has 0 radical (unpaired) electrons. The first kappa shape index (κ1) is 15.1. The Morgan fingerprint density at radius 1 is 0.929 bits per heavy atom. The van der Waals surface area contributed by atoms with Crippen molar-refractivity contribution in [2.45, 2.75) is 0 Å². The highest BCUT2D eigenvalue weighted by Crippen LogP contribution is 1.92. The molecule has 0 spiro atoms. The summed E-state index contributed by atoms with van der Waals surface area (Å²) in [7, 11) is 0. The molecule has 2 amide bonds. The molecule has 78 valence electrons. The molecule has 1 heterocycles. The van der Waals surface area contributed by atoms with Crippen LogP contribution in [0.15, 0.2) is 12.4 Å². The molecular formula is C6H8Cl2N4O2. The van der Waals surface area contributed by atoms with Gasteiger partial charge in [-0.25, -0.2) is 9.97 Å². The molecule has 0 aliphatic carbocycles. The van der Waals surface area contributed by atoms with Crippen LogP contribution in [0.25, 0.3) is 0 Å². The predicted molar refractivity (Wildman–Crippen MR) is 53.6 cm³/mol. The zero-order valence-corrected chi connectivity index (χ0v) is 8.47. The van der Waals surface area contributed by atoms with E-state index < -0.39 is 11.8 Å². The van der Waals surface area contributed by atoms with Gasteiger partial charge >= 0.3 is 0 Å². The number of amides is 2. The molecule has 0 aliphatic heterocycles. The fourth-order valence-electron chi connectivity index (χ4n) is 0.583. The number of nitrogens with two attached hydrogens (primary N) is 2. The highest BCUT2D eigenvalue weighted by molar-refractivity contribution is 5.92. The standard InChI is InChI=1S/C6H6N4O2.2ClH/c7-5(11)3-1-9-4(2-10-3)6(8)12;;/h1-2H,(H2,7,11)(H2,8,12);2*1H. The monoisotopic (exact) mass is 238 g/mol. The van der Waals surface area contributed by atoms with E-state index in [9.17, 15) is 9.59 Å². The average molecular weight is 239 g/mol. The molecule has 0 aliphatic rings. The van der Waals surface area contributed by atoms with Gasteiger partial charge in [0.2, 0.25) is 0 Å². The normalized spacial score (nSPS) is 8.00. The Morgan fingerprint density at radius 2 is 1.21 bits per heavy atom. The second-order valence-corrected chi connectivity index (χ2v) is 2.02. The van der Waals surface area contributed by atoms with E-state index in [2.05, 4.69) is 9.97 Å². The SMILES string of the molecule is Cl.Cl.NC(=O)c1cnc(C(N)=O)cn1. The van der Waals surface area contributed by atoms with Crippen LogP contribution in [0.5, 0.6) is 0 Å². The summed E-state index contributed by atoms with van der Waals surface area (Å²) in [5.74, 6) is -1.39. The maximum absolute atomic E-state index is 10.5. The molecule has 0 aromatic carbocycles. The topological polar surface area (TPSA) is 112 Å². The number of carbonyl (C=O) groups excluding carboxylic acids is 2. The molecule has 8 heteroatoms. The van der Waals surface area contributed by atoms with Crippen LogP contribution in [-0.4, -0.2) is 21.8 Å². The largest absolute Gasteiger partial charge is 0.364 e. The molecule has 0 bridgehead atoms. The van der Waals surface area contributed by atoms with Crippen LogP contribution in [0, 0.1) is 0 Å². The minimum absolute atomic E-state index is 0. The van der Waals surface area contributed by atoms with E-state index in [-0.39, 0.29) is 36.2 Å². The van der Waals surface area contributed by atoms with Gasteiger partial charge in [-0.05, 0) is 0 Å². The van der Waals surface area contributed by atoms with E-state index in [1.165, 1.54) is 0 Å². The zero-order valence-electron chi connectivity index (χ0n) is 6.84. The molecule has 0 unspecified atom stereocenters. The number of aromatic nitrogens is 2. The maximum atomic E-state index is 10.5. The lowest BCUT2D eigenvalue weighted by molar-refractivity contribution is 0.0980. The lowest BCUT2D eigenvalue weighted by atomic mass is 10.4. The summed E-state index contributed by atoms with van der Waals surface area (Å²) in [6.07, 6.45) is 2.20. The molecule has 1 rings (SSSR count). The maximum Gasteiger partial charge on any atom is 0.268 e. The summed E-state index contributed by atoms with van der Waals surface area (Å²) in [6, 6.07) is 0. The van der Waals surface area contributed by atoms with Gasteiger partial charge in [-0.15, -0.1) is 24.8 Å². The number of rotatable bonds is 2. The van der Waals surface area contributed by atoms with Crippen molar-refractivity contribution in [1.29, 1.82) is 0 Å². The third-order valence-electron chi connectivity index (χ3n) is 1.16. The van der Waals surface area contributed by atoms with Crippen LogP contribution in [0.2, 0.25) is 0 Å². The second-order valence-electron chi connectivity index (χ2n) is 2.02. The van der Waals surface area contributed by atoms with Gasteiger partial charge in [0.15, 0.2) is 0 Å². The number of primary amides is 2. The second kappa shape index (κ2) is 6.11. The Morgan fingerprint density at radius 3 is 1.36 bits per heavy atom. The van der Waals surface area contributed by atoms with Crippen molar-refractivity contribution in [3.8, 4) is 0 Å². The lowest BCUT2D eigenvalue weighted by Crippen LogP contribution is -2.17. The van der Waals surface area contributed by atoms with Gasteiger partial charge in [-0.1, -0.05) is 0 Å². The number of carbonyl (C=O) groups is 2. The van der Waals surface area contributed by atoms with Crippen LogP contribution < -0.4 is 11.5 Å². The fourth-order valence-corrected chi connectivity index (χ4v) is 0.583. The van der Waals surface area contributed by atoms with Gasteiger partial charge in [0.25, 0.3) is 11.8 Å². The Balaban J connectivity index is 0. The van der Waals surface area contributed by atoms with Crippen molar-refractivity contribution < 1.29 is 9.59 Å². The van der Waals surface area contributed by atoms with Crippen molar-refractivity contribution in [3.05, 3.63) is 23.8 Å². The van der Waals surface area contributed by atoms with E-state index in [1.54, 1.807) is 0 Å². The first-order chi connectivity index (χ1) is 5.61. The Bertz CT molecular complexity index is 294. The fraction of sp³-hybridized carbons (Fsp3) is 0. The summed E-state index contributed by atoms with van der Waals surface area (Å²) in [4.78, 5) is 28.1. The first-order valence-corrected chi connectivity index (χ1v) is 3.03. The van der Waals surface area contributed by atoms with Crippen molar-refractivity contribution in [2.75, 3.05) is 0 Å². The number of hydrogen-bond donors (Lipinski definition) is 2. The lowest BCUT2D eigenvalue weighted by Gasteiger charge is -1.94. The Hall–Kier alpha value is -1.40. The van der Waals surface area contributed by atoms with Crippen molar-refractivity contribution in [1.82, 2.24) is 9.97 Å². The highest BCUT2D eigenvalue weighted by atomic mass is 35.5. The van der Waals surface area contributed by atoms with E-state index in [4.69, 9.17) is 11.5 Å². The average Bonchev–Trinajstić information content (AvgIpc) is 2.04. The van der Waals surface area contributed by atoms with Gasteiger partial charge < -0.3 is 11.5 Å². The number of nitrogens with zero attached hydrogens (tertiary/aromatic N) is 2. The van der Waals surface area contributed by atoms with Crippen molar-refractivity contribution in [3.63, 3.8) is 0 Å². The van der Waals surface area contributed by atoms with E-state index in [1.807, 2.05) is 0 Å². The summed E-state index contributed by atoms with van der Waals surface area (Å²) in [5, 5.41) is 0. The molecule has 14 heavy (non-hydrogen) atoms. The molecule has 6 nitrogen and oxygen atoms in total. The van der Waals surface area contributed by atoms with Gasteiger partial charge in [-0.3, -0.25) is 9.59 Å². The number of halogens is 2. The molecule has 0 atom stereocenters. The summed E-state index contributed by atoms with van der Waals surface area (Å²) < 4.78 is 0. The Labute approximate surface area is 91.9 Å².